The van der Waals surface area contributed by atoms with E-state index in [9.17, 15) is 15.0 Å². The summed E-state index contributed by atoms with van der Waals surface area (Å²) in [4.78, 5) is 12.6. The number of allylic oxidation sites excluding steroid dienone is 9. The number of nitrogens with one attached hydrogen (secondary N) is 1. The Labute approximate surface area is 502 Å². The van der Waals surface area contributed by atoms with Crippen LogP contribution >= 0.6 is 0 Å². The highest BCUT2D eigenvalue weighted by Gasteiger charge is 2.18. The van der Waals surface area contributed by atoms with Crippen molar-refractivity contribution < 1.29 is 15.0 Å². The standard InChI is InChI=1S/C76H143NO3/c1-3-5-7-9-11-13-15-17-19-21-23-25-27-29-31-33-35-37-38-40-42-44-46-48-50-52-54-56-58-60-62-64-66-68-70-72-76(80)77-74(73-78)75(79)71-69-67-65-63-61-59-57-55-53-51-49-47-45-43-41-39-36-34-32-30-28-26-24-22-20-18-16-14-12-10-8-6-4-2/h5,7,11,13,17,19,23,25,69,71,74-75,78-79H,3-4,6,8-10,12,14-16,18,20-22,24,26-68,70,72-73H2,1-2H3,(H,77,80)/b7-5-,13-11-,19-17-,25-23-,71-69+. The predicted molar refractivity (Wildman–Crippen MR) is 359 cm³/mol. The van der Waals surface area contributed by atoms with E-state index in [1.807, 2.05) is 6.08 Å². The average molecular weight is 1120 g/mol. The van der Waals surface area contributed by atoms with E-state index < -0.39 is 12.1 Å². The lowest BCUT2D eigenvalue weighted by atomic mass is 10.0. The van der Waals surface area contributed by atoms with Gasteiger partial charge in [-0.2, -0.15) is 0 Å². The molecule has 80 heavy (non-hydrogen) atoms. The SMILES string of the molecule is CC/C=C\C/C=C\C/C=C\C/C=C\CCCCCCCCCCCCCCCCCCCCCCCCC(=O)NC(CO)C(O)/C=C/CCCCCCCCCCCCCCCCCCCCCCCCCCCCCCCCC. The quantitative estimate of drug-likeness (QED) is 0.0420. The molecular formula is C76H143NO3. The van der Waals surface area contributed by atoms with Gasteiger partial charge in [-0.15, -0.1) is 0 Å². The molecule has 2 atom stereocenters. The number of amides is 1. The van der Waals surface area contributed by atoms with Crippen LogP contribution in [-0.2, 0) is 4.79 Å². The van der Waals surface area contributed by atoms with Gasteiger partial charge in [0, 0.05) is 6.42 Å². The minimum absolute atomic E-state index is 0.0564. The molecule has 1 amide bonds. The second-order valence-electron chi connectivity index (χ2n) is 25.0. The Balaban J connectivity index is 3.41. The van der Waals surface area contributed by atoms with E-state index in [4.69, 9.17) is 0 Å². The zero-order chi connectivity index (χ0) is 57.6. The summed E-state index contributed by atoms with van der Waals surface area (Å²) in [7, 11) is 0. The van der Waals surface area contributed by atoms with Crippen LogP contribution in [0, 0.1) is 0 Å². The molecule has 0 aromatic rings. The molecule has 0 heterocycles. The topological polar surface area (TPSA) is 69.6 Å². The van der Waals surface area contributed by atoms with Crippen molar-refractivity contribution in [1.29, 1.82) is 0 Å². The second-order valence-corrected chi connectivity index (χ2v) is 25.0. The molecule has 0 aromatic heterocycles. The summed E-state index contributed by atoms with van der Waals surface area (Å²) in [5, 5.41) is 23.3. The lowest BCUT2D eigenvalue weighted by Gasteiger charge is -2.20. The van der Waals surface area contributed by atoms with Crippen molar-refractivity contribution >= 4 is 5.91 Å². The summed E-state index contributed by atoms with van der Waals surface area (Å²) >= 11 is 0. The van der Waals surface area contributed by atoms with Crippen molar-refractivity contribution in [2.24, 2.45) is 0 Å². The van der Waals surface area contributed by atoms with E-state index in [2.05, 4.69) is 67.8 Å². The Hall–Kier alpha value is -1.91. The van der Waals surface area contributed by atoms with Crippen molar-refractivity contribution in [3.63, 3.8) is 0 Å². The Morgan fingerprint density at radius 2 is 0.550 bits per heavy atom. The van der Waals surface area contributed by atoms with Crippen LogP contribution < -0.4 is 5.32 Å². The Kier molecular flexibility index (Phi) is 69.6. The van der Waals surface area contributed by atoms with E-state index in [0.717, 1.165) is 51.4 Å². The molecule has 0 rings (SSSR count). The normalized spacial score (nSPS) is 13.0. The number of unbranched alkanes of at least 4 members (excludes halogenated alkanes) is 53. The molecule has 0 aliphatic rings. The van der Waals surface area contributed by atoms with Gasteiger partial charge in [0.1, 0.15) is 0 Å². The molecule has 0 saturated heterocycles. The highest BCUT2D eigenvalue weighted by molar-refractivity contribution is 5.76. The van der Waals surface area contributed by atoms with E-state index in [1.54, 1.807) is 6.08 Å². The van der Waals surface area contributed by atoms with Gasteiger partial charge in [-0.25, -0.2) is 0 Å². The van der Waals surface area contributed by atoms with Crippen LogP contribution in [0.25, 0.3) is 0 Å². The van der Waals surface area contributed by atoms with E-state index >= 15 is 0 Å². The van der Waals surface area contributed by atoms with Gasteiger partial charge < -0.3 is 15.5 Å². The lowest BCUT2D eigenvalue weighted by Crippen LogP contribution is -2.45. The monoisotopic (exact) mass is 1120 g/mol. The predicted octanol–water partition coefficient (Wildman–Crippen LogP) is 25.1. The fraction of sp³-hybridized carbons (Fsp3) is 0.855. The molecule has 470 valence electrons. The molecule has 2 unspecified atom stereocenters. The molecule has 0 bridgehead atoms. The van der Waals surface area contributed by atoms with Crippen LogP contribution in [0.5, 0.6) is 0 Å². The van der Waals surface area contributed by atoms with Crippen molar-refractivity contribution in [3.8, 4) is 0 Å². The maximum Gasteiger partial charge on any atom is 0.220 e. The van der Waals surface area contributed by atoms with Crippen molar-refractivity contribution in [2.75, 3.05) is 6.61 Å². The number of carbonyl (C=O) groups is 1. The summed E-state index contributed by atoms with van der Waals surface area (Å²) in [5.41, 5.74) is 0. The minimum Gasteiger partial charge on any atom is -0.394 e. The van der Waals surface area contributed by atoms with Gasteiger partial charge in [0.15, 0.2) is 0 Å². The summed E-state index contributed by atoms with van der Waals surface area (Å²) in [6, 6.07) is -0.624. The molecule has 0 spiro atoms. The third-order valence-electron chi connectivity index (χ3n) is 17.0. The highest BCUT2D eigenvalue weighted by atomic mass is 16.3. The van der Waals surface area contributed by atoms with Crippen LogP contribution in [0.1, 0.15) is 399 Å². The van der Waals surface area contributed by atoms with Gasteiger partial charge >= 0.3 is 0 Å². The molecule has 0 aliphatic heterocycles. The average Bonchev–Trinajstić information content (AvgIpc) is 3.46. The smallest absolute Gasteiger partial charge is 0.220 e. The molecule has 0 radical (unpaired) electrons. The first-order valence-corrected chi connectivity index (χ1v) is 36.5. The Bertz CT molecular complexity index is 1310. The van der Waals surface area contributed by atoms with Crippen LogP contribution in [0.2, 0.25) is 0 Å². The molecule has 0 fully saturated rings. The van der Waals surface area contributed by atoms with Gasteiger partial charge in [0.2, 0.25) is 5.91 Å². The number of aliphatic hydroxyl groups is 2. The number of rotatable bonds is 68. The summed E-state index contributed by atoms with van der Waals surface area (Å²) in [6.07, 6.45) is 102. The van der Waals surface area contributed by atoms with Crippen molar-refractivity contribution in [1.82, 2.24) is 5.32 Å². The number of carbonyl (C=O) groups excluding carboxylic acids is 1. The molecular weight excluding hydrogens is 975 g/mol. The molecule has 3 N–H and O–H groups in total. The first kappa shape index (κ1) is 78.1. The largest absolute Gasteiger partial charge is 0.394 e. The number of hydrogen-bond acceptors (Lipinski definition) is 3. The van der Waals surface area contributed by atoms with Gasteiger partial charge in [-0.05, 0) is 57.8 Å². The first-order valence-electron chi connectivity index (χ1n) is 36.5. The van der Waals surface area contributed by atoms with Crippen LogP contribution in [-0.4, -0.2) is 34.9 Å². The Morgan fingerprint density at radius 3 is 0.825 bits per heavy atom. The summed E-state index contributed by atoms with van der Waals surface area (Å²) in [5.74, 6) is -0.0564. The van der Waals surface area contributed by atoms with Crippen molar-refractivity contribution in [3.05, 3.63) is 60.8 Å². The minimum atomic E-state index is -0.841. The van der Waals surface area contributed by atoms with Crippen LogP contribution in [0.3, 0.4) is 0 Å². The molecule has 4 heteroatoms. The second kappa shape index (κ2) is 71.4. The summed E-state index contributed by atoms with van der Waals surface area (Å²) < 4.78 is 0. The lowest BCUT2D eigenvalue weighted by molar-refractivity contribution is -0.123. The fourth-order valence-corrected chi connectivity index (χ4v) is 11.5. The van der Waals surface area contributed by atoms with E-state index in [-0.39, 0.29) is 12.5 Å². The maximum atomic E-state index is 12.6. The number of hydrogen-bond donors (Lipinski definition) is 3. The van der Waals surface area contributed by atoms with Crippen LogP contribution in [0.4, 0.5) is 0 Å². The molecule has 0 saturated carbocycles. The van der Waals surface area contributed by atoms with Crippen molar-refractivity contribution in [2.45, 2.75) is 411 Å². The molecule has 4 nitrogen and oxygen atoms in total. The first-order chi connectivity index (χ1) is 39.7. The van der Waals surface area contributed by atoms with E-state index in [0.29, 0.717) is 6.42 Å². The van der Waals surface area contributed by atoms with Gasteiger partial charge in [0.05, 0.1) is 18.8 Å². The number of aliphatic hydroxyl groups excluding tert-OH is 2. The molecule has 0 aliphatic carbocycles. The maximum absolute atomic E-state index is 12.6. The zero-order valence-electron chi connectivity index (χ0n) is 54.4. The summed E-state index contributed by atoms with van der Waals surface area (Å²) in [6.45, 7) is 4.24. The van der Waals surface area contributed by atoms with Crippen LogP contribution in [0.15, 0.2) is 60.8 Å². The van der Waals surface area contributed by atoms with Gasteiger partial charge in [-0.1, -0.05) is 396 Å². The third kappa shape index (κ3) is 66.9. The van der Waals surface area contributed by atoms with E-state index in [1.165, 1.54) is 327 Å². The fourth-order valence-electron chi connectivity index (χ4n) is 11.5. The van der Waals surface area contributed by atoms with Gasteiger partial charge in [-0.3, -0.25) is 4.79 Å². The van der Waals surface area contributed by atoms with Gasteiger partial charge in [0.25, 0.3) is 0 Å². The Morgan fingerprint density at radius 1 is 0.312 bits per heavy atom. The molecule has 0 aromatic carbocycles. The zero-order valence-corrected chi connectivity index (χ0v) is 54.4. The third-order valence-corrected chi connectivity index (χ3v) is 17.0. The highest BCUT2D eigenvalue weighted by Crippen LogP contribution is 2.19.